The van der Waals surface area contributed by atoms with Crippen LogP contribution in [0.2, 0.25) is 0 Å². The van der Waals surface area contributed by atoms with Crippen LogP contribution in [0.15, 0.2) is 18.6 Å². The van der Waals surface area contributed by atoms with Crippen LogP contribution in [0.1, 0.15) is 32.6 Å². The Morgan fingerprint density at radius 1 is 1.32 bits per heavy atom. The van der Waals surface area contributed by atoms with Crippen molar-refractivity contribution in [1.29, 1.82) is 0 Å². The van der Waals surface area contributed by atoms with Gasteiger partial charge in [0.15, 0.2) is 0 Å². The smallest absolute Gasteiger partial charge is 0.249 e. The first-order valence-corrected chi connectivity index (χ1v) is 9.97. The van der Waals surface area contributed by atoms with Gasteiger partial charge in [-0.25, -0.2) is 18.7 Å². The second-order valence-corrected chi connectivity index (χ2v) is 9.10. The number of H-pyrrole nitrogens is 1. The highest BCUT2D eigenvalue weighted by Crippen LogP contribution is 2.53. The Morgan fingerprint density at radius 3 is 2.80 bits per heavy atom. The van der Waals surface area contributed by atoms with Crippen molar-refractivity contribution >= 4 is 28.6 Å². The lowest BCUT2D eigenvalue weighted by Crippen LogP contribution is -2.46. The van der Waals surface area contributed by atoms with Gasteiger partial charge in [-0.15, -0.1) is 0 Å². The van der Waals surface area contributed by atoms with Gasteiger partial charge in [0.05, 0.1) is 5.39 Å². The van der Waals surface area contributed by atoms with Crippen LogP contribution in [0, 0.1) is 11.3 Å². The third kappa shape index (κ3) is 3.35. The van der Waals surface area contributed by atoms with Crippen molar-refractivity contribution in [1.82, 2.24) is 15.0 Å². The fourth-order valence-corrected chi connectivity index (χ4v) is 5.66. The number of aromatic amines is 1. The molecule has 1 N–H and O–H groups in total. The largest absolute Gasteiger partial charge is 0.356 e. The first-order valence-electron chi connectivity index (χ1n) is 8.82. The molecule has 4 rings (SSSR count). The van der Waals surface area contributed by atoms with Gasteiger partial charge in [0.2, 0.25) is 5.92 Å². The molecule has 0 radical (unpaired) electrons. The maximum atomic E-state index is 13.1. The molecule has 0 spiro atoms. The number of nitrogens with zero attached hydrogens (tertiary/aromatic N) is 3. The number of hydrogen-bond acceptors (Lipinski definition) is 4. The Morgan fingerprint density at radius 2 is 2.08 bits per heavy atom. The molecule has 0 aromatic carbocycles. The highest BCUT2D eigenvalue weighted by Gasteiger charge is 2.53. The summed E-state index contributed by atoms with van der Waals surface area (Å²) in [5.74, 6) is 1.18. The number of fused-ring (bicyclic) bond motifs is 1. The fourth-order valence-electron chi connectivity index (χ4n) is 4.24. The molecule has 0 aliphatic heterocycles. The van der Waals surface area contributed by atoms with Crippen LogP contribution in [0.5, 0.6) is 0 Å². The van der Waals surface area contributed by atoms with Gasteiger partial charge in [-0.2, -0.15) is 11.8 Å². The zero-order valence-electron chi connectivity index (χ0n) is 14.6. The molecule has 7 heteroatoms. The van der Waals surface area contributed by atoms with Gasteiger partial charge in [0.1, 0.15) is 17.8 Å². The van der Waals surface area contributed by atoms with E-state index in [2.05, 4.69) is 26.9 Å². The minimum absolute atomic E-state index is 0.0589. The average molecular weight is 366 g/mol. The Labute approximate surface area is 150 Å². The number of nitrogens with one attached hydrogen (secondary N) is 1. The number of thioether (sulfide) groups is 1. The van der Waals surface area contributed by atoms with Crippen LogP contribution < -0.4 is 4.90 Å². The summed E-state index contributed by atoms with van der Waals surface area (Å²) in [6.07, 6.45) is 5.90. The first kappa shape index (κ1) is 17.1. The lowest BCUT2D eigenvalue weighted by Gasteiger charge is -2.45. The van der Waals surface area contributed by atoms with Gasteiger partial charge in [-0.05, 0) is 41.7 Å². The van der Waals surface area contributed by atoms with Crippen LogP contribution in [-0.4, -0.2) is 45.5 Å². The molecule has 0 bridgehead atoms. The molecule has 2 aromatic rings. The zero-order valence-corrected chi connectivity index (χ0v) is 15.5. The van der Waals surface area contributed by atoms with Crippen molar-refractivity contribution in [3.63, 3.8) is 0 Å². The lowest BCUT2D eigenvalue weighted by molar-refractivity contribution is -0.144. The molecule has 0 saturated heterocycles. The molecule has 136 valence electrons. The molecule has 25 heavy (non-hydrogen) atoms. The van der Waals surface area contributed by atoms with Crippen molar-refractivity contribution in [2.45, 2.75) is 44.6 Å². The van der Waals surface area contributed by atoms with Crippen molar-refractivity contribution in [2.24, 2.45) is 11.3 Å². The quantitative estimate of drug-likeness (QED) is 0.826. The number of anilines is 1. The van der Waals surface area contributed by atoms with Gasteiger partial charge >= 0.3 is 0 Å². The van der Waals surface area contributed by atoms with Gasteiger partial charge < -0.3 is 9.88 Å². The predicted octanol–water partition coefficient (Wildman–Crippen LogP) is 4.34. The maximum absolute atomic E-state index is 13.1. The molecule has 2 aliphatic rings. The van der Waals surface area contributed by atoms with E-state index < -0.39 is 5.92 Å². The Bertz CT molecular complexity index is 748. The SMILES string of the molecule is CN(c1ncnc2[nH]ccc12)[C@H]1C[C@@H](CSCC2(C)CC(F)(F)C2)C1. The number of halogens is 2. The third-order valence-corrected chi connectivity index (χ3v) is 7.21. The standard InChI is InChI=1S/C18H24F2N4S/c1-17(8-18(19,20)9-17)10-25-7-12-5-13(6-12)24(2)16-14-3-4-21-15(14)22-11-23-16/h3-4,11-13H,5-10H2,1-2H3,(H,21,22,23)/t12-,13+. The summed E-state index contributed by atoms with van der Waals surface area (Å²) in [5, 5.41) is 1.06. The van der Waals surface area contributed by atoms with Gasteiger partial charge in [-0.3, -0.25) is 0 Å². The lowest BCUT2D eigenvalue weighted by atomic mass is 9.69. The monoisotopic (exact) mass is 366 g/mol. The summed E-state index contributed by atoms with van der Waals surface area (Å²) in [6.45, 7) is 1.99. The average Bonchev–Trinajstić information content (AvgIpc) is 2.95. The zero-order chi connectivity index (χ0) is 17.7. The van der Waals surface area contributed by atoms with Crippen molar-refractivity contribution in [2.75, 3.05) is 23.5 Å². The molecule has 2 heterocycles. The molecule has 4 nitrogen and oxygen atoms in total. The molecule has 0 amide bonds. The molecule has 2 aliphatic carbocycles. The number of alkyl halides is 2. The van der Waals surface area contributed by atoms with E-state index in [0.717, 1.165) is 41.2 Å². The number of aromatic nitrogens is 3. The van der Waals surface area contributed by atoms with Gasteiger partial charge in [0.25, 0.3) is 0 Å². The van der Waals surface area contributed by atoms with Gasteiger partial charge in [0, 0.05) is 32.1 Å². The van der Waals surface area contributed by atoms with E-state index in [-0.39, 0.29) is 18.3 Å². The Hall–Kier alpha value is -1.37. The molecular formula is C18H24F2N4S. The molecule has 2 saturated carbocycles. The molecular weight excluding hydrogens is 342 g/mol. The second kappa shape index (κ2) is 6.11. The van der Waals surface area contributed by atoms with Crippen LogP contribution in [0.4, 0.5) is 14.6 Å². The highest BCUT2D eigenvalue weighted by atomic mass is 32.2. The van der Waals surface area contributed by atoms with Crippen LogP contribution in [0.25, 0.3) is 11.0 Å². The number of hydrogen-bond donors (Lipinski definition) is 1. The minimum Gasteiger partial charge on any atom is -0.356 e. The summed E-state index contributed by atoms with van der Waals surface area (Å²) >= 11 is 1.85. The topological polar surface area (TPSA) is 44.8 Å². The van der Waals surface area contributed by atoms with E-state index in [1.165, 1.54) is 0 Å². The Balaban J connectivity index is 1.24. The van der Waals surface area contributed by atoms with E-state index >= 15 is 0 Å². The van der Waals surface area contributed by atoms with Crippen molar-refractivity contribution in [3.8, 4) is 0 Å². The van der Waals surface area contributed by atoms with E-state index in [9.17, 15) is 8.78 Å². The summed E-state index contributed by atoms with van der Waals surface area (Å²) in [5.41, 5.74) is 0.711. The second-order valence-electron chi connectivity index (χ2n) is 8.07. The first-order chi connectivity index (χ1) is 11.9. The van der Waals surface area contributed by atoms with E-state index in [1.54, 1.807) is 6.33 Å². The van der Waals surface area contributed by atoms with E-state index in [1.807, 2.05) is 30.9 Å². The third-order valence-electron chi connectivity index (χ3n) is 5.60. The fraction of sp³-hybridized carbons (Fsp3) is 0.667. The normalized spacial score (nSPS) is 26.9. The predicted molar refractivity (Wildman–Crippen MR) is 98.4 cm³/mol. The summed E-state index contributed by atoms with van der Waals surface area (Å²) in [6, 6.07) is 2.52. The minimum atomic E-state index is -2.42. The highest BCUT2D eigenvalue weighted by molar-refractivity contribution is 7.99. The number of rotatable bonds is 6. The molecule has 2 aromatic heterocycles. The summed E-state index contributed by atoms with van der Waals surface area (Å²) < 4.78 is 26.1. The molecule has 0 unspecified atom stereocenters. The van der Waals surface area contributed by atoms with E-state index in [0.29, 0.717) is 12.0 Å². The van der Waals surface area contributed by atoms with Crippen molar-refractivity contribution < 1.29 is 8.78 Å². The van der Waals surface area contributed by atoms with E-state index in [4.69, 9.17) is 0 Å². The van der Waals surface area contributed by atoms with Crippen LogP contribution in [0.3, 0.4) is 0 Å². The Kier molecular flexibility index (Phi) is 4.17. The summed E-state index contributed by atoms with van der Waals surface area (Å²) in [7, 11) is 2.10. The van der Waals surface area contributed by atoms with Gasteiger partial charge in [-0.1, -0.05) is 6.92 Å². The molecule has 0 atom stereocenters. The maximum Gasteiger partial charge on any atom is 0.249 e. The van der Waals surface area contributed by atoms with Crippen LogP contribution >= 0.6 is 11.8 Å². The molecule has 2 fully saturated rings. The summed E-state index contributed by atoms with van der Waals surface area (Å²) in [4.78, 5) is 14.1. The van der Waals surface area contributed by atoms with Crippen LogP contribution in [-0.2, 0) is 0 Å². The van der Waals surface area contributed by atoms with Crippen molar-refractivity contribution in [3.05, 3.63) is 18.6 Å².